The molecule has 2 nitrogen and oxygen atoms in total. The summed E-state index contributed by atoms with van der Waals surface area (Å²) in [5.74, 6) is -0.329. The Morgan fingerprint density at radius 2 is 2.28 bits per heavy atom. The monoisotopic (exact) mass is 284 g/mol. The van der Waals surface area contributed by atoms with Crippen molar-refractivity contribution in [3.05, 3.63) is 40.1 Å². The molecule has 0 aliphatic heterocycles. The zero-order valence-electron chi connectivity index (χ0n) is 10.0. The fourth-order valence-corrected chi connectivity index (χ4v) is 2.74. The number of aromatic nitrogens is 1. The number of rotatable bonds is 5. The van der Waals surface area contributed by atoms with Crippen LogP contribution < -0.4 is 5.32 Å². The molecule has 1 N–H and O–H groups in total. The zero-order chi connectivity index (χ0) is 13.0. The number of nitrogens with one attached hydrogen (secondary N) is 1. The molecule has 0 saturated carbocycles. The molecule has 18 heavy (non-hydrogen) atoms. The van der Waals surface area contributed by atoms with Crippen LogP contribution in [0.25, 0.3) is 10.6 Å². The molecule has 0 fully saturated rings. The minimum Gasteiger partial charge on any atom is -0.311 e. The van der Waals surface area contributed by atoms with E-state index in [-0.39, 0.29) is 5.82 Å². The van der Waals surface area contributed by atoms with E-state index in [1.54, 1.807) is 6.07 Å². The van der Waals surface area contributed by atoms with Crippen molar-refractivity contribution in [2.24, 2.45) is 0 Å². The summed E-state index contributed by atoms with van der Waals surface area (Å²) in [6.07, 6.45) is 1.10. The fourth-order valence-electron chi connectivity index (χ4n) is 1.57. The Morgan fingerprint density at radius 3 is 3.00 bits per heavy atom. The Hall–Kier alpha value is -0.970. The molecule has 1 heterocycles. The molecule has 0 aliphatic carbocycles. The van der Waals surface area contributed by atoms with Crippen molar-refractivity contribution in [2.75, 3.05) is 6.54 Å². The molecule has 5 heteroatoms. The van der Waals surface area contributed by atoms with E-state index in [0.717, 1.165) is 35.8 Å². The predicted octanol–water partition coefficient (Wildman–Crippen LogP) is 4.10. The Bertz CT molecular complexity index is 527. The molecule has 0 bridgehead atoms. The second-order valence-electron chi connectivity index (χ2n) is 3.94. The highest BCUT2D eigenvalue weighted by molar-refractivity contribution is 7.13. The highest BCUT2D eigenvalue weighted by Gasteiger charge is 2.09. The average molecular weight is 285 g/mol. The van der Waals surface area contributed by atoms with E-state index >= 15 is 0 Å². The van der Waals surface area contributed by atoms with Crippen molar-refractivity contribution in [3.8, 4) is 10.6 Å². The van der Waals surface area contributed by atoms with Crippen molar-refractivity contribution in [1.82, 2.24) is 10.3 Å². The van der Waals surface area contributed by atoms with Gasteiger partial charge in [-0.05, 0) is 31.2 Å². The lowest BCUT2D eigenvalue weighted by atomic mass is 10.2. The Kier molecular flexibility index (Phi) is 4.69. The molecular formula is C13H14ClFN2S. The van der Waals surface area contributed by atoms with Crippen molar-refractivity contribution < 1.29 is 4.39 Å². The molecule has 0 unspecified atom stereocenters. The van der Waals surface area contributed by atoms with E-state index in [0.29, 0.717) is 5.02 Å². The van der Waals surface area contributed by atoms with Crippen LogP contribution in [0.2, 0.25) is 5.02 Å². The lowest BCUT2D eigenvalue weighted by Gasteiger charge is -2.00. The first-order valence-electron chi connectivity index (χ1n) is 5.81. The van der Waals surface area contributed by atoms with Gasteiger partial charge in [-0.1, -0.05) is 18.5 Å². The summed E-state index contributed by atoms with van der Waals surface area (Å²) < 4.78 is 13.0. The summed E-state index contributed by atoms with van der Waals surface area (Å²) in [6.45, 7) is 3.85. The second-order valence-corrected chi connectivity index (χ2v) is 5.21. The number of hydrogen-bond acceptors (Lipinski definition) is 3. The van der Waals surface area contributed by atoms with Gasteiger partial charge in [-0.3, -0.25) is 0 Å². The molecule has 1 aromatic heterocycles. The van der Waals surface area contributed by atoms with Crippen molar-refractivity contribution in [1.29, 1.82) is 0 Å². The largest absolute Gasteiger partial charge is 0.311 e. The first-order chi connectivity index (χ1) is 8.70. The van der Waals surface area contributed by atoms with Crippen LogP contribution in [0.1, 0.15) is 19.0 Å². The van der Waals surface area contributed by atoms with Gasteiger partial charge in [-0.2, -0.15) is 0 Å². The van der Waals surface area contributed by atoms with E-state index in [1.807, 2.05) is 5.38 Å². The van der Waals surface area contributed by atoms with Crippen molar-refractivity contribution in [2.45, 2.75) is 19.9 Å². The zero-order valence-corrected chi connectivity index (χ0v) is 11.6. The van der Waals surface area contributed by atoms with Gasteiger partial charge in [0, 0.05) is 17.5 Å². The van der Waals surface area contributed by atoms with Gasteiger partial charge in [0.25, 0.3) is 0 Å². The highest BCUT2D eigenvalue weighted by atomic mass is 35.5. The number of nitrogens with zero attached hydrogens (tertiary/aromatic N) is 1. The van der Waals surface area contributed by atoms with E-state index in [9.17, 15) is 4.39 Å². The molecule has 0 aliphatic rings. The minimum atomic E-state index is -0.329. The van der Waals surface area contributed by atoms with Gasteiger partial charge in [0.2, 0.25) is 0 Å². The van der Waals surface area contributed by atoms with E-state index in [2.05, 4.69) is 17.2 Å². The SMILES string of the molecule is CCCNCc1csc(-c2ccc(F)cc2Cl)n1. The molecule has 2 aromatic rings. The fraction of sp³-hybridized carbons (Fsp3) is 0.308. The number of halogens is 2. The lowest BCUT2D eigenvalue weighted by Crippen LogP contribution is -2.13. The molecule has 0 saturated heterocycles. The van der Waals surface area contributed by atoms with Crippen LogP contribution in [0, 0.1) is 5.82 Å². The van der Waals surface area contributed by atoms with Crippen LogP contribution in [-0.2, 0) is 6.54 Å². The van der Waals surface area contributed by atoms with Crippen LogP contribution >= 0.6 is 22.9 Å². The van der Waals surface area contributed by atoms with E-state index < -0.39 is 0 Å². The maximum Gasteiger partial charge on any atom is 0.125 e. The summed E-state index contributed by atoms with van der Waals surface area (Å²) in [4.78, 5) is 4.49. The van der Waals surface area contributed by atoms with Crippen LogP contribution in [0.5, 0.6) is 0 Å². The number of benzene rings is 1. The maximum absolute atomic E-state index is 13.0. The van der Waals surface area contributed by atoms with Crippen LogP contribution in [0.15, 0.2) is 23.6 Å². The predicted molar refractivity (Wildman–Crippen MR) is 74.5 cm³/mol. The quantitative estimate of drug-likeness (QED) is 0.836. The first-order valence-corrected chi connectivity index (χ1v) is 7.07. The third-order valence-electron chi connectivity index (χ3n) is 2.45. The van der Waals surface area contributed by atoms with Gasteiger partial charge in [-0.25, -0.2) is 9.37 Å². The number of hydrogen-bond donors (Lipinski definition) is 1. The van der Waals surface area contributed by atoms with Gasteiger partial charge in [-0.15, -0.1) is 11.3 Å². The normalized spacial score (nSPS) is 10.8. The summed E-state index contributed by atoms with van der Waals surface area (Å²) in [6, 6.07) is 4.38. The standard InChI is InChI=1S/C13H14ClFN2S/c1-2-5-16-7-10-8-18-13(17-10)11-4-3-9(15)6-12(11)14/h3-4,6,8,16H,2,5,7H2,1H3. The molecule has 1 aromatic carbocycles. The van der Waals surface area contributed by atoms with E-state index in [4.69, 9.17) is 11.6 Å². The summed E-state index contributed by atoms with van der Waals surface area (Å²) >= 11 is 7.53. The first kappa shape index (κ1) is 13.5. The highest BCUT2D eigenvalue weighted by Crippen LogP contribution is 2.30. The van der Waals surface area contributed by atoms with Gasteiger partial charge < -0.3 is 5.32 Å². The Balaban J connectivity index is 2.13. The van der Waals surface area contributed by atoms with Gasteiger partial charge >= 0.3 is 0 Å². The Labute approximate surface area is 115 Å². The van der Waals surface area contributed by atoms with Gasteiger partial charge in [0.15, 0.2) is 0 Å². The van der Waals surface area contributed by atoms with Crippen LogP contribution in [-0.4, -0.2) is 11.5 Å². The topological polar surface area (TPSA) is 24.9 Å². The minimum absolute atomic E-state index is 0.329. The molecule has 0 radical (unpaired) electrons. The molecule has 96 valence electrons. The van der Waals surface area contributed by atoms with E-state index in [1.165, 1.54) is 23.5 Å². The number of thiazole rings is 1. The molecular weight excluding hydrogens is 271 g/mol. The summed E-state index contributed by atoms with van der Waals surface area (Å²) in [5.41, 5.74) is 1.77. The third-order valence-corrected chi connectivity index (χ3v) is 3.68. The average Bonchev–Trinajstić information content (AvgIpc) is 2.78. The van der Waals surface area contributed by atoms with Crippen LogP contribution in [0.3, 0.4) is 0 Å². The second kappa shape index (κ2) is 6.27. The van der Waals surface area contributed by atoms with Gasteiger partial charge in [0.1, 0.15) is 10.8 Å². The molecule has 0 spiro atoms. The van der Waals surface area contributed by atoms with Gasteiger partial charge in [0.05, 0.1) is 10.7 Å². The summed E-state index contributed by atoms with van der Waals surface area (Å²) in [7, 11) is 0. The smallest absolute Gasteiger partial charge is 0.125 e. The Morgan fingerprint density at radius 1 is 1.44 bits per heavy atom. The molecule has 0 atom stereocenters. The maximum atomic E-state index is 13.0. The summed E-state index contributed by atoms with van der Waals surface area (Å²) in [5, 5.41) is 6.52. The third kappa shape index (κ3) is 3.28. The lowest BCUT2D eigenvalue weighted by molar-refractivity contribution is 0.628. The van der Waals surface area contributed by atoms with Crippen molar-refractivity contribution >= 4 is 22.9 Å². The molecule has 2 rings (SSSR count). The van der Waals surface area contributed by atoms with Crippen molar-refractivity contribution in [3.63, 3.8) is 0 Å². The molecule has 0 amide bonds. The van der Waals surface area contributed by atoms with Crippen LogP contribution in [0.4, 0.5) is 4.39 Å².